The van der Waals surface area contributed by atoms with Crippen LogP contribution in [0.25, 0.3) is 32.2 Å². The van der Waals surface area contributed by atoms with Crippen LogP contribution < -0.4 is 0 Å². The Bertz CT molecular complexity index is 1050. The molecular formula is C21H20N2S. The fourth-order valence-corrected chi connectivity index (χ4v) is 4.17. The summed E-state index contributed by atoms with van der Waals surface area (Å²) in [6, 6.07) is 15.2. The van der Waals surface area contributed by atoms with Crippen molar-refractivity contribution in [1.82, 2.24) is 9.97 Å². The Morgan fingerprint density at radius 2 is 1.79 bits per heavy atom. The van der Waals surface area contributed by atoms with Gasteiger partial charge in [-0.05, 0) is 46.9 Å². The predicted octanol–water partition coefficient (Wildman–Crippen LogP) is 6.12. The molecule has 0 aliphatic heterocycles. The molecule has 0 amide bonds. The zero-order chi connectivity index (χ0) is 16.9. The molecule has 4 aromatic rings. The zero-order valence-electron chi connectivity index (χ0n) is 14.4. The normalized spacial score (nSPS) is 12.2. The number of aryl methyl sites for hydroxylation is 1. The van der Waals surface area contributed by atoms with Gasteiger partial charge in [-0.15, -0.1) is 11.3 Å². The number of pyridine rings is 1. The number of aromatic nitrogens is 2. The smallest absolute Gasteiger partial charge is 0.0908 e. The minimum absolute atomic E-state index is 0.0765. The largest absolute Gasteiger partial charge is 0.255 e. The van der Waals surface area contributed by atoms with Crippen LogP contribution in [-0.2, 0) is 5.41 Å². The standard InChI is InChI=1S/C21H20N2S/c1-13-23-18-9-10-22-19(20(18)24-13)15-11-14-7-5-6-8-16(14)17(12-15)21(2,3)4/h5-12H,1-4H3. The van der Waals surface area contributed by atoms with Crippen LogP contribution in [0.4, 0.5) is 0 Å². The molecule has 0 spiro atoms. The maximum Gasteiger partial charge on any atom is 0.0908 e. The first-order valence-electron chi connectivity index (χ1n) is 8.19. The van der Waals surface area contributed by atoms with E-state index in [2.05, 4.69) is 69.1 Å². The van der Waals surface area contributed by atoms with E-state index in [1.165, 1.54) is 26.6 Å². The Hall–Kier alpha value is -2.26. The van der Waals surface area contributed by atoms with Crippen LogP contribution in [0, 0.1) is 6.92 Å². The third-order valence-corrected chi connectivity index (χ3v) is 5.35. The topological polar surface area (TPSA) is 25.8 Å². The molecule has 0 aliphatic rings. The van der Waals surface area contributed by atoms with Gasteiger partial charge in [0.05, 0.1) is 20.9 Å². The van der Waals surface area contributed by atoms with Crippen molar-refractivity contribution in [3.8, 4) is 11.3 Å². The second-order valence-corrected chi connectivity index (χ2v) is 8.44. The third-order valence-electron chi connectivity index (χ3n) is 4.35. The molecule has 120 valence electrons. The van der Waals surface area contributed by atoms with Gasteiger partial charge in [0.2, 0.25) is 0 Å². The number of fused-ring (bicyclic) bond motifs is 2. The van der Waals surface area contributed by atoms with E-state index in [0.29, 0.717) is 0 Å². The molecule has 0 saturated heterocycles. The lowest BCUT2D eigenvalue weighted by Gasteiger charge is -2.22. The van der Waals surface area contributed by atoms with Gasteiger partial charge in [-0.25, -0.2) is 4.98 Å². The summed E-state index contributed by atoms with van der Waals surface area (Å²) in [5.74, 6) is 0. The van der Waals surface area contributed by atoms with Gasteiger partial charge in [-0.1, -0.05) is 45.0 Å². The summed E-state index contributed by atoms with van der Waals surface area (Å²) in [5.41, 5.74) is 4.68. The molecule has 0 fully saturated rings. The SMILES string of the molecule is Cc1nc2ccnc(-c3cc(C(C)(C)C)c4ccccc4c3)c2s1. The molecule has 2 nitrogen and oxygen atoms in total. The van der Waals surface area contributed by atoms with Crippen molar-refractivity contribution in [3.05, 3.63) is 59.2 Å². The van der Waals surface area contributed by atoms with Gasteiger partial charge in [0.1, 0.15) is 0 Å². The lowest BCUT2D eigenvalue weighted by Crippen LogP contribution is -2.12. The van der Waals surface area contributed by atoms with Gasteiger partial charge in [0.25, 0.3) is 0 Å². The summed E-state index contributed by atoms with van der Waals surface area (Å²) < 4.78 is 1.17. The molecule has 2 aromatic carbocycles. The summed E-state index contributed by atoms with van der Waals surface area (Å²) in [7, 11) is 0. The molecular weight excluding hydrogens is 312 g/mol. The van der Waals surface area contributed by atoms with Crippen molar-refractivity contribution >= 4 is 32.3 Å². The molecule has 0 N–H and O–H groups in total. The van der Waals surface area contributed by atoms with Crippen molar-refractivity contribution in [3.63, 3.8) is 0 Å². The molecule has 4 rings (SSSR count). The molecule has 0 unspecified atom stereocenters. The second kappa shape index (κ2) is 5.38. The average molecular weight is 332 g/mol. The summed E-state index contributed by atoms with van der Waals surface area (Å²) in [6.45, 7) is 8.85. The number of benzene rings is 2. The Labute approximate surface area is 146 Å². The zero-order valence-corrected chi connectivity index (χ0v) is 15.2. The molecule has 0 saturated carbocycles. The lowest BCUT2D eigenvalue weighted by molar-refractivity contribution is 0.596. The molecule has 0 aliphatic carbocycles. The lowest BCUT2D eigenvalue weighted by atomic mass is 9.82. The van der Waals surface area contributed by atoms with Gasteiger partial charge in [-0.2, -0.15) is 0 Å². The number of hydrogen-bond acceptors (Lipinski definition) is 3. The first-order chi connectivity index (χ1) is 11.4. The molecule has 0 radical (unpaired) electrons. The van der Waals surface area contributed by atoms with Crippen LogP contribution in [-0.4, -0.2) is 9.97 Å². The van der Waals surface area contributed by atoms with E-state index in [9.17, 15) is 0 Å². The van der Waals surface area contributed by atoms with E-state index < -0.39 is 0 Å². The van der Waals surface area contributed by atoms with Crippen LogP contribution in [0.5, 0.6) is 0 Å². The van der Waals surface area contributed by atoms with Crippen molar-refractivity contribution in [2.45, 2.75) is 33.1 Å². The van der Waals surface area contributed by atoms with E-state index in [1.54, 1.807) is 11.3 Å². The van der Waals surface area contributed by atoms with E-state index in [1.807, 2.05) is 12.3 Å². The highest BCUT2D eigenvalue weighted by atomic mass is 32.1. The molecule has 24 heavy (non-hydrogen) atoms. The molecule has 2 heterocycles. The minimum atomic E-state index is 0.0765. The van der Waals surface area contributed by atoms with Gasteiger partial charge in [0.15, 0.2) is 0 Å². The number of thiazole rings is 1. The van der Waals surface area contributed by atoms with Crippen molar-refractivity contribution in [2.75, 3.05) is 0 Å². The van der Waals surface area contributed by atoms with Crippen molar-refractivity contribution < 1.29 is 0 Å². The Balaban J connectivity index is 2.06. The molecule has 2 aromatic heterocycles. The molecule has 0 atom stereocenters. The molecule has 3 heteroatoms. The Morgan fingerprint density at radius 3 is 2.58 bits per heavy atom. The van der Waals surface area contributed by atoms with Crippen molar-refractivity contribution in [1.29, 1.82) is 0 Å². The van der Waals surface area contributed by atoms with Gasteiger partial charge in [-0.3, -0.25) is 4.98 Å². The average Bonchev–Trinajstić information content (AvgIpc) is 2.93. The highest BCUT2D eigenvalue weighted by Crippen LogP contribution is 2.37. The van der Waals surface area contributed by atoms with E-state index in [4.69, 9.17) is 4.98 Å². The highest BCUT2D eigenvalue weighted by molar-refractivity contribution is 7.19. The molecule has 0 bridgehead atoms. The first-order valence-corrected chi connectivity index (χ1v) is 9.01. The van der Waals surface area contributed by atoms with E-state index in [-0.39, 0.29) is 5.41 Å². The summed E-state index contributed by atoms with van der Waals surface area (Å²) in [5, 5.41) is 3.66. The highest BCUT2D eigenvalue weighted by Gasteiger charge is 2.19. The van der Waals surface area contributed by atoms with Crippen LogP contribution in [0.1, 0.15) is 31.3 Å². The number of rotatable bonds is 1. The van der Waals surface area contributed by atoms with Crippen LogP contribution in [0.2, 0.25) is 0 Å². The van der Waals surface area contributed by atoms with Crippen LogP contribution >= 0.6 is 11.3 Å². The second-order valence-electron chi connectivity index (χ2n) is 7.24. The summed E-state index contributed by atoms with van der Waals surface area (Å²) >= 11 is 1.72. The summed E-state index contributed by atoms with van der Waals surface area (Å²) in [6.07, 6.45) is 1.86. The third kappa shape index (κ3) is 2.49. The Morgan fingerprint density at radius 1 is 1.00 bits per heavy atom. The maximum atomic E-state index is 4.69. The van der Waals surface area contributed by atoms with Gasteiger partial charge >= 0.3 is 0 Å². The minimum Gasteiger partial charge on any atom is -0.255 e. The monoisotopic (exact) mass is 332 g/mol. The quantitative estimate of drug-likeness (QED) is 0.420. The van der Waals surface area contributed by atoms with Gasteiger partial charge < -0.3 is 0 Å². The fourth-order valence-electron chi connectivity index (χ4n) is 3.24. The van der Waals surface area contributed by atoms with Crippen molar-refractivity contribution in [2.24, 2.45) is 0 Å². The van der Waals surface area contributed by atoms with Crippen LogP contribution in [0.15, 0.2) is 48.7 Å². The van der Waals surface area contributed by atoms with Gasteiger partial charge in [0, 0.05) is 11.8 Å². The fraction of sp³-hybridized carbons (Fsp3) is 0.238. The van der Waals surface area contributed by atoms with E-state index in [0.717, 1.165) is 16.2 Å². The predicted molar refractivity (Wildman–Crippen MR) is 104 cm³/mol. The van der Waals surface area contributed by atoms with E-state index >= 15 is 0 Å². The summed E-state index contributed by atoms with van der Waals surface area (Å²) in [4.78, 5) is 9.30. The van der Waals surface area contributed by atoms with Crippen LogP contribution in [0.3, 0.4) is 0 Å². The first kappa shape index (κ1) is 15.3. The number of nitrogens with zero attached hydrogens (tertiary/aromatic N) is 2. The maximum absolute atomic E-state index is 4.69. The Kier molecular flexibility index (Phi) is 3.43. The number of hydrogen-bond donors (Lipinski definition) is 0.